The molecule has 0 N–H and O–H groups in total. The van der Waals surface area contributed by atoms with E-state index in [2.05, 4.69) is 20.7 Å². The standard InChI is InChI=1S/C4H7N4/c1-2-3-4-5-7-8-6-4/h2,4H,3H2,1H3. The molecule has 0 fully saturated rings. The molecule has 0 atom stereocenters. The summed E-state index contributed by atoms with van der Waals surface area (Å²) in [7, 11) is 0. The quantitative estimate of drug-likeness (QED) is 0.521. The average molecular weight is 111 g/mol. The van der Waals surface area contributed by atoms with Crippen LogP contribution in [0, 0.1) is 6.42 Å². The van der Waals surface area contributed by atoms with Crippen molar-refractivity contribution in [3.8, 4) is 0 Å². The van der Waals surface area contributed by atoms with Crippen LogP contribution in [0.2, 0.25) is 0 Å². The highest BCUT2D eigenvalue weighted by atomic mass is 15.6. The monoisotopic (exact) mass is 111 g/mol. The second-order valence-corrected chi connectivity index (χ2v) is 1.53. The summed E-state index contributed by atoms with van der Waals surface area (Å²) >= 11 is 0. The van der Waals surface area contributed by atoms with Gasteiger partial charge in [0, 0.05) is 0 Å². The molecule has 1 radical (unpaired) electrons. The van der Waals surface area contributed by atoms with Crippen LogP contribution in [-0.2, 0) is 0 Å². The topological polar surface area (TPSA) is 49.4 Å². The van der Waals surface area contributed by atoms with Gasteiger partial charge in [-0.1, -0.05) is 6.92 Å². The second-order valence-electron chi connectivity index (χ2n) is 1.53. The zero-order valence-corrected chi connectivity index (χ0v) is 4.65. The van der Waals surface area contributed by atoms with Crippen molar-refractivity contribution in [2.45, 2.75) is 19.5 Å². The van der Waals surface area contributed by atoms with Crippen LogP contribution in [0.15, 0.2) is 20.7 Å². The molecule has 4 nitrogen and oxygen atoms in total. The Labute approximate surface area is 47.7 Å². The Hall–Kier alpha value is -0.800. The van der Waals surface area contributed by atoms with E-state index < -0.39 is 0 Å². The molecule has 0 aromatic heterocycles. The van der Waals surface area contributed by atoms with Crippen molar-refractivity contribution in [3.63, 3.8) is 0 Å². The van der Waals surface area contributed by atoms with E-state index in [9.17, 15) is 0 Å². The molecule has 1 aliphatic rings. The van der Waals surface area contributed by atoms with Gasteiger partial charge in [-0.05, 0) is 23.3 Å². The van der Waals surface area contributed by atoms with Gasteiger partial charge in [-0.2, -0.15) is 0 Å². The molecule has 0 aliphatic carbocycles. The molecule has 1 aliphatic heterocycles. The maximum absolute atomic E-state index is 3.69. The van der Waals surface area contributed by atoms with E-state index in [1.807, 2.05) is 13.3 Å². The normalized spacial score (nSPS) is 18.1. The van der Waals surface area contributed by atoms with Gasteiger partial charge in [-0.3, -0.25) is 0 Å². The van der Waals surface area contributed by atoms with Crippen molar-refractivity contribution in [1.29, 1.82) is 0 Å². The van der Waals surface area contributed by atoms with Gasteiger partial charge in [0.1, 0.15) is 0 Å². The smallest absolute Gasteiger partial charge is 0.138 e. The molecule has 0 aromatic rings. The molecule has 1 rings (SSSR count). The molecule has 1 heterocycles. The minimum atomic E-state index is -0.0278. The summed E-state index contributed by atoms with van der Waals surface area (Å²) in [6.45, 7) is 1.96. The lowest BCUT2D eigenvalue weighted by Crippen LogP contribution is -1.93. The van der Waals surface area contributed by atoms with Crippen LogP contribution >= 0.6 is 0 Å². The first-order chi connectivity index (χ1) is 3.93. The fourth-order valence-electron chi connectivity index (χ4n) is 0.494. The maximum Gasteiger partial charge on any atom is 0.185 e. The maximum atomic E-state index is 3.69. The lowest BCUT2D eigenvalue weighted by Gasteiger charge is -1.92. The third kappa shape index (κ3) is 1.08. The van der Waals surface area contributed by atoms with Crippen LogP contribution in [0.1, 0.15) is 13.3 Å². The highest BCUT2D eigenvalue weighted by Gasteiger charge is 2.05. The Bertz CT molecular complexity index is 105. The molecular formula is C4H7N4. The fourth-order valence-corrected chi connectivity index (χ4v) is 0.494. The van der Waals surface area contributed by atoms with Gasteiger partial charge in [0.15, 0.2) is 6.17 Å². The predicted octanol–water partition coefficient (Wildman–Crippen LogP) is 1.76. The molecule has 0 aromatic carbocycles. The molecule has 8 heavy (non-hydrogen) atoms. The van der Waals surface area contributed by atoms with Gasteiger partial charge in [0.2, 0.25) is 0 Å². The number of rotatable bonds is 2. The summed E-state index contributed by atoms with van der Waals surface area (Å²) in [6.07, 6.45) is 2.81. The van der Waals surface area contributed by atoms with Crippen LogP contribution in [0.25, 0.3) is 0 Å². The summed E-state index contributed by atoms with van der Waals surface area (Å²) < 4.78 is 0. The van der Waals surface area contributed by atoms with E-state index in [0.29, 0.717) is 0 Å². The highest BCUT2D eigenvalue weighted by Crippen LogP contribution is 2.08. The lowest BCUT2D eigenvalue weighted by atomic mass is 10.3. The summed E-state index contributed by atoms with van der Waals surface area (Å²) in [5.41, 5.74) is 0. The minimum Gasteiger partial charge on any atom is -0.138 e. The van der Waals surface area contributed by atoms with Crippen molar-refractivity contribution >= 4 is 0 Å². The third-order valence-electron chi connectivity index (χ3n) is 0.856. The molecule has 0 amide bonds. The third-order valence-corrected chi connectivity index (χ3v) is 0.856. The van der Waals surface area contributed by atoms with Gasteiger partial charge in [0.05, 0.1) is 0 Å². The SMILES string of the molecule is C[CH]CC1N=NN=N1. The van der Waals surface area contributed by atoms with E-state index in [-0.39, 0.29) is 6.17 Å². The van der Waals surface area contributed by atoms with Crippen molar-refractivity contribution in [1.82, 2.24) is 0 Å². The summed E-state index contributed by atoms with van der Waals surface area (Å²) in [5, 5.41) is 14.1. The Morgan fingerprint density at radius 3 is 2.50 bits per heavy atom. The van der Waals surface area contributed by atoms with E-state index in [4.69, 9.17) is 0 Å². The van der Waals surface area contributed by atoms with Crippen LogP contribution < -0.4 is 0 Å². The molecule has 0 saturated heterocycles. The Balaban J connectivity index is 2.27. The van der Waals surface area contributed by atoms with E-state index in [1.54, 1.807) is 0 Å². The zero-order valence-electron chi connectivity index (χ0n) is 4.65. The van der Waals surface area contributed by atoms with Gasteiger partial charge in [0.25, 0.3) is 0 Å². The summed E-state index contributed by atoms with van der Waals surface area (Å²) in [6, 6.07) is 0. The largest absolute Gasteiger partial charge is 0.185 e. The fraction of sp³-hybridized carbons (Fsp3) is 0.750. The molecule has 0 saturated carbocycles. The summed E-state index contributed by atoms with van der Waals surface area (Å²) in [5.74, 6) is 0. The second kappa shape index (κ2) is 2.49. The van der Waals surface area contributed by atoms with E-state index in [1.165, 1.54) is 0 Å². The van der Waals surface area contributed by atoms with Crippen LogP contribution in [0.3, 0.4) is 0 Å². The van der Waals surface area contributed by atoms with Crippen LogP contribution in [-0.4, -0.2) is 6.17 Å². The molecule has 4 heteroatoms. The highest BCUT2D eigenvalue weighted by molar-refractivity contribution is 4.68. The van der Waals surface area contributed by atoms with Crippen molar-refractivity contribution in [3.05, 3.63) is 6.42 Å². The molecule has 0 unspecified atom stereocenters. The zero-order chi connectivity index (χ0) is 5.82. The van der Waals surface area contributed by atoms with Crippen molar-refractivity contribution in [2.75, 3.05) is 0 Å². The molecule has 0 spiro atoms. The van der Waals surface area contributed by atoms with Crippen molar-refractivity contribution < 1.29 is 0 Å². The molecular weight excluding hydrogens is 104 g/mol. The number of nitrogens with zero attached hydrogens (tertiary/aromatic N) is 4. The first kappa shape index (κ1) is 5.34. The first-order valence-electron chi connectivity index (χ1n) is 2.51. The number of hydrogen-bond acceptors (Lipinski definition) is 4. The summed E-state index contributed by atoms with van der Waals surface area (Å²) in [4.78, 5) is 0. The Kier molecular flexibility index (Phi) is 1.66. The molecule has 0 bridgehead atoms. The Morgan fingerprint density at radius 1 is 1.38 bits per heavy atom. The van der Waals surface area contributed by atoms with Gasteiger partial charge >= 0.3 is 0 Å². The Morgan fingerprint density at radius 2 is 2.00 bits per heavy atom. The number of hydrogen-bond donors (Lipinski definition) is 0. The minimum absolute atomic E-state index is 0.0278. The molecule has 43 valence electrons. The average Bonchev–Trinajstić information content (AvgIpc) is 2.19. The lowest BCUT2D eigenvalue weighted by molar-refractivity contribution is 0.689. The van der Waals surface area contributed by atoms with Crippen molar-refractivity contribution in [2.24, 2.45) is 20.7 Å². The van der Waals surface area contributed by atoms with Gasteiger partial charge in [-0.15, -0.1) is 10.2 Å². The van der Waals surface area contributed by atoms with E-state index >= 15 is 0 Å². The van der Waals surface area contributed by atoms with Gasteiger partial charge in [-0.25, -0.2) is 0 Å². The van der Waals surface area contributed by atoms with Gasteiger partial charge < -0.3 is 0 Å². The van der Waals surface area contributed by atoms with Crippen LogP contribution in [0.4, 0.5) is 0 Å². The van der Waals surface area contributed by atoms with Crippen LogP contribution in [0.5, 0.6) is 0 Å². The first-order valence-corrected chi connectivity index (χ1v) is 2.51. The predicted molar refractivity (Wildman–Crippen MR) is 28.1 cm³/mol. The van der Waals surface area contributed by atoms with E-state index in [0.717, 1.165) is 6.42 Å².